The van der Waals surface area contributed by atoms with E-state index in [1.807, 2.05) is 0 Å². The van der Waals surface area contributed by atoms with E-state index in [4.69, 9.17) is 11.6 Å². The maximum Gasteiger partial charge on any atom is 0.439 e. The minimum atomic E-state index is -0.880. The third kappa shape index (κ3) is 1.43. The number of aromatic nitrogens is 2. The highest BCUT2D eigenvalue weighted by molar-refractivity contribution is 6.34. The first-order chi connectivity index (χ1) is 5.95. The fraction of sp³-hybridized carbons (Fsp3) is 0.250. The van der Waals surface area contributed by atoms with Gasteiger partial charge in [0.1, 0.15) is 12.1 Å². The number of nitrogens with zero attached hydrogens (tertiary/aromatic N) is 4. The predicted molar refractivity (Wildman–Crippen MR) is 41.5 cm³/mol. The third-order valence-corrected chi connectivity index (χ3v) is 1.63. The summed E-state index contributed by atoms with van der Waals surface area (Å²) in [6, 6.07) is 0. The molecule has 0 atom stereocenters. The Labute approximate surface area is 76.0 Å². The zero-order valence-corrected chi connectivity index (χ0v) is 7.06. The molecule has 0 aromatic carbocycles. The quantitative estimate of drug-likeness (QED) is 0.528. The van der Waals surface area contributed by atoms with Gasteiger partial charge in [-0.1, -0.05) is 11.6 Å². The number of halogens is 1. The van der Waals surface area contributed by atoms with Crippen LogP contribution in [0.1, 0.15) is 0 Å². The van der Waals surface area contributed by atoms with Crippen LogP contribution in [0, 0.1) is 20.2 Å². The van der Waals surface area contributed by atoms with E-state index < -0.39 is 26.5 Å². The fourth-order valence-corrected chi connectivity index (χ4v) is 1.09. The van der Waals surface area contributed by atoms with Crippen molar-refractivity contribution in [3.05, 3.63) is 25.3 Å². The maximum atomic E-state index is 10.3. The molecule has 0 bridgehead atoms. The molecule has 0 saturated carbocycles. The molecule has 0 amide bonds. The maximum absolute atomic E-state index is 10.3. The molecular formula is C4H3ClN4O4. The molecular weight excluding hydrogens is 204 g/mol. The van der Waals surface area contributed by atoms with E-state index in [2.05, 4.69) is 5.10 Å². The Bertz CT molecular complexity index is 386. The molecule has 1 aromatic rings. The summed E-state index contributed by atoms with van der Waals surface area (Å²) in [4.78, 5) is 18.8. The molecule has 0 fully saturated rings. The van der Waals surface area contributed by atoms with Crippen LogP contribution in [-0.2, 0) is 7.05 Å². The van der Waals surface area contributed by atoms with Gasteiger partial charge in [0.25, 0.3) is 0 Å². The van der Waals surface area contributed by atoms with E-state index >= 15 is 0 Å². The summed E-state index contributed by atoms with van der Waals surface area (Å²) in [5.74, 6) is -1.30. The average Bonchev–Trinajstić information content (AvgIpc) is 2.26. The van der Waals surface area contributed by atoms with E-state index in [0.29, 0.717) is 0 Å². The van der Waals surface area contributed by atoms with Gasteiger partial charge < -0.3 is 20.2 Å². The number of hydrogen-bond donors (Lipinski definition) is 0. The molecule has 0 radical (unpaired) electrons. The van der Waals surface area contributed by atoms with Crippen molar-refractivity contribution in [3.8, 4) is 0 Å². The summed E-state index contributed by atoms with van der Waals surface area (Å²) in [5, 5.41) is 23.3. The van der Waals surface area contributed by atoms with Crippen molar-refractivity contribution in [1.29, 1.82) is 0 Å². The molecule has 1 heterocycles. The summed E-state index contributed by atoms with van der Waals surface area (Å²) in [6.07, 6.45) is 0. The minimum Gasteiger partial charge on any atom is -0.358 e. The van der Waals surface area contributed by atoms with Crippen LogP contribution in [0.15, 0.2) is 0 Å². The van der Waals surface area contributed by atoms with Gasteiger partial charge in [0.05, 0.1) is 0 Å². The summed E-state index contributed by atoms with van der Waals surface area (Å²) in [7, 11) is 1.21. The van der Waals surface area contributed by atoms with Crippen molar-refractivity contribution in [2.75, 3.05) is 0 Å². The van der Waals surface area contributed by atoms with Gasteiger partial charge in [-0.25, -0.2) is 0 Å². The minimum absolute atomic E-state index is 0.558. The lowest BCUT2D eigenvalue weighted by molar-refractivity contribution is -0.394. The van der Waals surface area contributed by atoms with E-state index in [1.165, 1.54) is 7.05 Å². The highest BCUT2D eigenvalue weighted by Crippen LogP contribution is 2.31. The molecule has 0 aliphatic rings. The Morgan fingerprint density at radius 2 is 1.92 bits per heavy atom. The number of hydrogen-bond acceptors (Lipinski definition) is 5. The summed E-state index contributed by atoms with van der Waals surface area (Å²) in [6.45, 7) is 0. The van der Waals surface area contributed by atoms with Crippen LogP contribution in [0.3, 0.4) is 0 Å². The highest BCUT2D eigenvalue weighted by Gasteiger charge is 2.33. The lowest BCUT2D eigenvalue weighted by atomic mass is 10.6. The van der Waals surface area contributed by atoms with Gasteiger partial charge in [-0.15, -0.1) is 0 Å². The van der Waals surface area contributed by atoms with Crippen LogP contribution < -0.4 is 0 Å². The molecule has 0 saturated heterocycles. The standard InChI is InChI=1S/C4H3ClN4O4/c1-7-4(9(12)13)2(5)3(6-7)8(10)11/h1H3. The normalized spacial score (nSPS) is 10.0. The van der Waals surface area contributed by atoms with E-state index in [1.54, 1.807) is 0 Å². The molecule has 0 N–H and O–H groups in total. The van der Waals surface area contributed by atoms with Gasteiger partial charge in [0, 0.05) is 0 Å². The Morgan fingerprint density at radius 1 is 1.38 bits per heavy atom. The molecule has 0 unspecified atom stereocenters. The molecule has 0 aliphatic carbocycles. The van der Waals surface area contributed by atoms with Crippen molar-refractivity contribution < 1.29 is 9.85 Å². The molecule has 9 heteroatoms. The molecule has 0 aliphatic heterocycles. The second-order valence-electron chi connectivity index (χ2n) is 2.10. The molecule has 1 aromatic heterocycles. The van der Waals surface area contributed by atoms with Crippen molar-refractivity contribution in [1.82, 2.24) is 9.78 Å². The van der Waals surface area contributed by atoms with Gasteiger partial charge in [0.15, 0.2) is 0 Å². The van der Waals surface area contributed by atoms with Crippen LogP contribution in [0.4, 0.5) is 11.6 Å². The lowest BCUT2D eigenvalue weighted by Gasteiger charge is -1.89. The van der Waals surface area contributed by atoms with Gasteiger partial charge >= 0.3 is 11.6 Å². The van der Waals surface area contributed by atoms with Crippen LogP contribution in [0.5, 0.6) is 0 Å². The smallest absolute Gasteiger partial charge is 0.358 e. The van der Waals surface area contributed by atoms with E-state index in [0.717, 1.165) is 4.68 Å². The predicted octanol–water partition coefficient (Wildman–Crippen LogP) is 0.890. The number of aryl methyl sites for hydroxylation is 1. The largest absolute Gasteiger partial charge is 0.439 e. The average molecular weight is 207 g/mol. The topological polar surface area (TPSA) is 104 Å². The van der Waals surface area contributed by atoms with Gasteiger partial charge in [-0.2, -0.15) is 0 Å². The third-order valence-electron chi connectivity index (χ3n) is 1.29. The molecule has 1 rings (SSSR count). The van der Waals surface area contributed by atoms with Gasteiger partial charge in [-0.3, -0.25) is 0 Å². The van der Waals surface area contributed by atoms with Crippen LogP contribution in [0.25, 0.3) is 0 Å². The SMILES string of the molecule is Cn1nc([N+](=O)[O-])c(Cl)c1[N+](=O)[O-]. The van der Waals surface area contributed by atoms with Gasteiger partial charge in [0.2, 0.25) is 5.02 Å². The lowest BCUT2D eigenvalue weighted by Crippen LogP contribution is -1.98. The van der Waals surface area contributed by atoms with Crippen LogP contribution in [-0.4, -0.2) is 19.6 Å². The Hall–Kier alpha value is -1.70. The Morgan fingerprint density at radius 3 is 2.15 bits per heavy atom. The van der Waals surface area contributed by atoms with Crippen LogP contribution in [0.2, 0.25) is 5.02 Å². The Kier molecular flexibility index (Phi) is 2.15. The Balaban J connectivity index is 3.39. The fourth-order valence-electron chi connectivity index (χ4n) is 0.790. The van der Waals surface area contributed by atoms with Crippen molar-refractivity contribution >= 4 is 23.2 Å². The summed E-state index contributed by atoms with van der Waals surface area (Å²) in [5.41, 5.74) is 0. The van der Waals surface area contributed by atoms with Gasteiger partial charge in [-0.05, 0) is 14.5 Å². The second kappa shape index (κ2) is 2.98. The van der Waals surface area contributed by atoms with Crippen molar-refractivity contribution in [2.45, 2.75) is 0 Å². The monoisotopic (exact) mass is 206 g/mol. The summed E-state index contributed by atoms with van der Waals surface area (Å²) < 4.78 is 0.750. The van der Waals surface area contributed by atoms with E-state index in [-0.39, 0.29) is 0 Å². The molecule has 13 heavy (non-hydrogen) atoms. The molecule has 8 nitrogen and oxygen atoms in total. The first-order valence-corrected chi connectivity index (χ1v) is 3.34. The first kappa shape index (κ1) is 9.39. The summed E-state index contributed by atoms with van der Waals surface area (Å²) >= 11 is 5.35. The number of nitro groups is 2. The zero-order chi connectivity index (χ0) is 10.2. The van der Waals surface area contributed by atoms with Crippen molar-refractivity contribution in [3.63, 3.8) is 0 Å². The number of rotatable bonds is 2. The molecule has 70 valence electrons. The first-order valence-electron chi connectivity index (χ1n) is 2.96. The second-order valence-corrected chi connectivity index (χ2v) is 2.48. The van der Waals surface area contributed by atoms with Crippen molar-refractivity contribution in [2.24, 2.45) is 7.05 Å². The molecule has 0 spiro atoms. The van der Waals surface area contributed by atoms with Crippen LogP contribution >= 0.6 is 11.6 Å². The van der Waals surface area contributed by atoms with E-state index in [9.17, 15) is 20.2 Å². The zero-order valence-electron chi connectivity index (χ0n) is 6.30. The highest BCUT2D eigenvalue weighted by atomic mass is 35.5.